The van der Waals surface area contributed by atoms with Crippen molar-refractivity contribution in [1.29, 1.82) is 0 Å². The molecule has 0 spiro atoms. The van der Waals surface area contributed by atoms with Crippen molar-refractivity contribution in [3.63, 3.8) is 0 Å². The van der Waals surface area contributed by atoms with E-state index in [2.05, 4.69) is 32.2 Å². The van der Waals surface area contributed by atoms with Gasteiger partial charge in [-0.25, -0.2) is 0 Å². The Morgan fingerprint density at radius 3 is 2.36 bits per heavy atom. The standard InChI is InChI=1S/C19H22BNO/c1-12-11-14(19(3,4)5)9-10-15(12)18(22)21-17-8-6-7-16(20)13(17)2/h6-11H,1-5H3,(H,21,22). The molecular formula is C19H22BNO. The first-order chi connectivity index (χ1) is 10.2. The Morgan fingerprint density at radius 1 is 1.09 bits per heavy atom. The lowest BCUT2D eigenvalue weighted by Crippen LogP contribution is -2.18. The van der Waals surface area contributed by atoms with Crippen LogP contribution in [-0.2, 0) is 5.41 Å². The molecule has 0 aliphatic heterocycles. The molecule has 2 aromatic carbocycles. The summed E-state index contributed by atoms with van der Waals surface area (Å²) in [5, 5.41) is 2.95. The number of anilines is 1. The predicted octanol–water partition coefficient (Wildman–Crippen LogP) is 3.65. The van der Waals surface area contributed by atoms with Gasteiger partial charge >= 0.3 is 0 Å². The highest BCUT2D eigenvalue weighted by molar-refractivity contribution is 6.33. The molecule has 0 heterocycles. The second-order valence-electron chi connectivity index (χ2n) is 6.75. The smallest absolute Gasteiger partial charge is 0.255 e. The summed E-state index contributed by atoms with van der Waals surface area (Å²) in [6.45, 7) is 10.4. The number of amides is 1. The van der Waals surface area contributed by atoms with Gasteiger partial charge in [0.25, 0.3) is 5.91 Å². The zero-order valence-electron chi connectivity index (χ0n) is 13.9. The maximum Gasteiger partial charge on any atom is 0.255 e. The van der Waals surface area contributed by atoms with E-state index in [0.29, 0.717) is 11.0 Å². The fourth-order valence-electron chi connectivity index (χ4n) is 2.36. The Bertz CT molecular complexity index is 714. The Kier molecular flexibility index (Phi) is 4.46. The lowest BCUT2D eigenvalue weighted by molar-refractivity contribution is 0.102. The number of rotatable bonds is 2. The molecule has 2 aromatic rings. The third kappa shape index (κ3) is 3.41. The van der Waals surface area contributed by atoms with Gasteiger partial charge in [0.05, 0.1) is 0 Å². The third-order valence-electron chi connectivity index (χ3n) is 3.96. The van der Waals surface area contributed by atoms with Gasteiger partial charge in [-0.1, -0.05) is 50.5 Å². The Hall–Kier alpha value is -2.03. The summed E-state index contributed by atoms with van der Waals surface area (Å²) in [6.07, 6.45) is 0. The topological polar surface area (TPSA) is 29.1 Å². The summed E-state index contributed by atoms with van der Waals surface area (Å²) in [5.74, 6) is -0.105. The maximum absolute atomic E-state index is 12.5. The van der Waals surface area contributed by atoms with Gasteiger partial charge in [-0.2, -0.15) is 0 Å². The van der Waals surface area contributed by atoms with Crippen LogP contribution in [0.25, 0.3) is 0 Å². The minimum absolute atomic E-state index is 0.0736. The monoisotopic (exact) mass is 291 g/mol. The van der Waals surface area contributed by atoms with Crippen LogP contribution in [0.4, 0.5) is 5.69 Å². The molecule has 0 bridgehead atoms. The van der Waals surface area contributed by atoms with Crippen molar-refractivity contribution >= 4 is 24.9 Å². The molecule has 0 fully saturated rings. The molecule has 2 rings (SSSR count). The van der Waals surface area contributed by atoms with Crippen LogP contribution in [0.5, 0.6) is 0 Å². The maximum atomic E-state index is 12.5. The van der Waals surface area contributed by atoms with Gasteiger partial charge < -0.3 is 5.32 Å². The molecule has 1 N–H and O–H groups in total. The van der Waals surface area contributed by atoms with Crippen molar-refractivity contribution in [1.82, 2.24) is 0 Å². The molecule has 22 heavy (non-hydrogen) atoms. The van der Waals surface area contributed by atoms with Crippen LogP contribution in [0.2, 0.25) is 0 Å². The number of aryl methyl sites for hydroxylation is 1. The van der Waals surface area contributed by atoms with Crippen molar-refractivity contribution in [2.45, 2.75) is 40.0 Å². The van der Waals surface area contributed by atoms with Crippen molar-refractivity contribution in [3.05, 3.63) is 58.7 Å². The van der Waals surface area contributed by atoms with Crippen LogP contribution < -0.4 is 10.8 Å². The summed E-state index contributed by atoms with van der Waals surface area (Å²) in [5.41, 5.74) is 5.29. The van der Waals surface area contributed by atoms with Gasteiger partial charge in [0.1, 0.15) is 7.85 Å². The molecule has 3 heteroatoms. The fraction of sp³-hybridized carbons (Fsp3) is 0.316. The summed E-state index contributed by atoms with van der Waals surface area (Å²) in [7, 11) is 5.88. The van der Waals surface area contributed by atoms with Gasteiger partial charge in [-0.3, -0.25) is 4.79 Å². The average Bonchev–Trinajstić information content (AvgIpc) is 2.42. The zero-order valence-corrected chi connectivity index (χ0v) is 13.9. The minimum Gasteiger partial charge on any atom is -0.322 e. The molecule has 0 atom stereocenters. The number of benzene rings is 2. The largest absolute Gasteiger partial charge is 0.322 e. The fourth-order valence-corrected chi connectivity index (χ4v) is 2.36. The molecule has 112 valence electrons. The molecule has 1 amide bonds. The van der Waals surface area contributed by atoms with Crippen LogP contribution in [-0.4, -0.2) is 13.8 Å². The lowest BCUT2D eigenvalue weighted by atomic mass is 9.85. The van der Waals surface area contributed by atoms with Crippen LogP contribution in [0, 0.1) is 13.8 Å². The molecule has 0 aromatic heterocycles. The van der Waals surface area contributed by atoms with E-state index in [0.717, 1.165) is 16.8 Å². The Balaban J connectivity index is 2.29. The molecule has 0 saturated carbocycles. The average molecular weight is 291 g/mol. The van der Waals surface area contributed by atoms with E-state index in [-0.39, 0.29) is 11.3 Å². The van der Waals surface area contributed by atoms with Crippen molar-refractivity contribution in [2.75, 3.05) is 5.32 Å². The molecule has 0 aliphatic carbocycles. The van der Waals surface area contributed by atoms with Gasteiger partial charge in [-0.15, -0.1) is 0 Å². The first-order valence-electron chi connectivity index (χ1n) is 7.47. The first kappa shape index (κ1) is 16.3. The summed E-state index contributed by atoms with van der Waals surface area (Å²) < 4.78 is 0. The zero-order chi connectivity index (χ0) is 16.5. The number of hydrogen-bond acceptors (Lipinski definition) is 1. The predicted molar refractivity (Wildman–Crippen MR) is 94.4 cm³/mol. The molecular weight excluding hydrogens is 269 g/mol. The highest BCUT2D eigenvalue weighted by atomic mass is 16.1. The van der Waals surface area contributed by atoms with Crippen LogP contribution >= 0.6 is 0 Å². The van der Waals surface area contributed by atoms with E-state index in [1.54, 1.807) is 0 Å². The van der Waals surface area contributed by atoms with Gasteiger partial charge in [0.2, 0.25) is 0 Å². The van der Waals surface area contributed by atoms with Crippen LogP contribution in [0.3, 0.4) is 0 Å². The quantitative estimate of drug-likeness (QED) is 0.841. The molecule has 0 saturated heterocycles. The van der Waals surface area contributed by atoms with Crippen LogP contribution in [0.1, 0.15) is 47.8 Å². The van der Waals surface area contributed by atoms with E-state index in [9.17, 15) is 4.79 Å². The van der Waals surface area contributed by atoms with E-state index in [4.69, 9.17) is 7.85 Å². The highest BCUT2D eigenvalue weighted by Crippen LogP contribution is 2.25. The van der Waals surface area contributed by atoms with E-state index >= 15 is 0 Å². The van der Waals surface area contributed by atoms with Gasteiger partial charge in [-0.05, 0) is 48.1 Å². The summed E-state index contributed by atoms with van der Waals surface area (Å²) in [4.78, 5) is 12.5. The highest BCUT2D eigenvalue weighted by Gasteiger charge is 2.17. The number of carbonyl (C=O) groups excluding carboxylic acids is 1. The molecule has 0 unspecified atom stereocenters. The number of nitrogens with one attached hydrogen (secondary N) is 1. The number of hydrogen-bond donors (Lipinski definition) is 1. The van der Waals surface area contributed by atoms with Gasteiger partial charge in [0, 0.05) is 11.3 Å². The number of carbonyl (C=O) groups is 1. The Labute approximate surface area is 134 Å². The Morgan fingerprint density at radius 2 is 1.77 bits per heavy atom. The second-order valence-corrected chi connectivity index (χ2v) is 6.75. The minimum atomic E-state index is -0.105. The molecule has 2 radical (unpaired) electrons. The molecule has 0 aliphatic rings. The van der Waals surface area contributed by atoms with E-state index in [1.165, 1.54) is 5.56 Å². The van der Waals surface area contributed by atoms with E-state index in [1.807, 2.05) is 44.2 Å². The van der Waals surface area contributed by atoms with Crippen LogP contribution in [0.15, 0.2) is 36.4 Å². The van der Waals surface area contributed by atoms with Crippen molar-refractivity contribution in [3.8, 4) is 0 Å². The summed E-state index contributed by atoms with van der Waals surface area (Å²) >= 11 is 0. The first-order valence-corrected chi connectivity index (χ1v) is 7.47. The van der Waals surface area contributed by atoms with Crippen molar-refractivity contribution in [2.24, 2.45) is 0 Å². The van der Waals surface area contributed by atoms with Gasteiger partial charge in [0.15, 0.2) is 0 Å². The van der Waals surface area contributed by atoms with Crippen molar-refractivity contribution < 1.29 is 4.79 Å². The lowest BCUT2D eigenvalue weighted by Gasteiger charge is -2.20. The molecule has 2 nitrogen and oxygen atoms in total. The third-order valence-corrected chi connectivity index (χ3v) is 3.96. The van der Waals surface area contributed by atoms with E-state index < -0.39 is 0 Å². The summed E-state index contributed by atoms with van der Waals surface area (Å²) in [6, 6.07) is 11.5. The SMILES string of the molecule is [B]c1cccc(NC(=O)c2ccc(C(C)(C)C)cc2C)c1C. The second kappa shape index (κ2) is 6.00. The normalized spacial score (nSPS) is 11.3.